The molecule has 16 heavy (non-hydrogen) atoms. The smallest absolute Gasteiger partial charge is 0.108 e. The Morgan fingerprint density at radius 2 is 2.06 bits per heavy atom. The second-order valence-electron chi connectivity index (χ2n) is 4.44. The minimum absolute atomic E-state index is 0.729. The van der Waals surface area contributed by atoms with E-state index in [4.69, 9.17) is 0 Å². The molecule has 1 aromatic heterocycles. The molecule has 0 bridgehead atoms. The molecular weight excluding hydrogens is 216 g/mol. The fraction of sp³-hybridized carbons (Fsp3) is 0.462. The zero-order chi connectivity index (χ0) is 10.8. The third-order valence-corrected chi connectivity index (χ3v) is 4.27. The Kier molecular flexibility index (Phi) is 2.89. The van der Waals surface area contributed by atoms with Crippen LogP contribution in [0.2, 0.25) is 0 Å². The predicted octanol–water partition coefficient (Wildman–Crippen LogP) is 3.33. The van der Waals surface area contributed by atoms with Crippen molar-refractivity contribution in [2.24, 2.45) is 0 Å². The summed E-state index contributed by atoms with van der Waals surface area (Å²) < 4.78 is 1.30. The van der Waals surface area contributed by atoms with Gasteiger partial charge in [0.1, 0.15) is 5.01 Å². The van der Waals surface area contributed by atoms with Crippen LogP contribution < -0.4 is 5.32 Å². The Balaban J connectivity index is 1.69. The lowest BCUT2D eigenvalue weighted by Gasteiger charge is -2.09. The molecule has 2 aromatic rings. The molecule has 0 saturated heterocycles. The molecule has 0 spiro atoms. The standard InChI is InChI=1S/C13H16N2S/c1-2-6-10(5-1)14-9-13-15-11-7-3-4-8-12(11)16-13/h3-4,7-8,10,14H,1-2,5-6,9H2. The maximum absolute atomic E-state index is 4.63. The van der Waals surface area contributed by atoms with E-state index in [2.05, 4.69) is 34.6 Å². The van der Waals surface area contributed by atoms with Crippen LogP contribution in [-0.4, -0.2) is 11.0 Å². The molecule has 1 heterocycles. The van der Waals surface area contributed by atoms with E-state index in [0.717, 1.165) is 18.1 Å². The van der Waals surface area contributed by atoms with Crippen LogP contribution in [0.15, 0.2) is 24.3 Å². The highest BCUT2D eigenvalue weighted by Gasteiger charge is 2.14. The molecule has 84 valence electrons. The Bertz CT molecular complexity index is 438. The SMILES string of the molecule is c1ccc2sc(CNC3CCCC3)nc2c1. The van der Waals surface area contributed by atoms with Crippen molar-refractivity contribution in [1.29, 1.82) is 0 Å². The first-order valence-corrected chi connectivity index (χ1v) is 6.81. The molecule has 1 aliphatic rings. The Morgan fingerprint density at radius 1 is 1.25 bits per heavy atom. The minimum Gasteiger partial charge on any atom is -0.308 e. The van der Waals surface area contributed by atoms with Gasteiger partial charge in [-0.3, -0.25) is 0 Å². The Morgan fingerprint density at radius 3 is 2.88 bits per heavy atom. The number of nitrogens with one attached hydrogen (secondary N) is 1. The van der Waals surface area contributed by atoms with Crippen LogP contribution in [0.1, 0.15) is 30.7 Å². The maximum Gasteiger partial charge on any atom is 0.108 e. The first kappa shape index (κ1) is 10.2. The number of aromatic nitrogens is 1. The van der Waals surface area contributed by atoms with Crippen molar-refractivity contribution in [3.05, 3.63) is 29.3 Å². The van der Waals surface area contributed by atoms with E-state index in [9.17, 15) is 0 Å². The van der Waals surface area contributed by atoms with Gasteiger partial charge in [-0.25, -0.2) is 4.98 Å². The van der Waals surface area contributed by atoms with E-state index >= 15 is 0 Å². The van der Waals surface area contributed by atoms with Gasteiger partial charge < -0.3 is 5.32 Å². The quantitative estimate of drug-likeness (QED) is 0.878. The topological polar surface area (TPSA) is 24.9 Å². The lowest BCUT2D eigenvalue weighted by Crippen LogP contribution is -2.25. The van der Waals surface area contributed by atoms with Crippen molar-refractivity contribution in [3.63, 3.8) is 0 Å². The average Bonchev–Trinajstić information content (AvgIpc) is 2.95. The van der Waals surface area contributed by atoms with Gasteiger partial charge in [0.25, 0.3) is 0 Å². The van der Waals surface area contributed by atoms with Crippen molar-refractivity contribution in [3.8, 4) is 0 Å². The number of nitrogens with zero attached hydrogens (tertiary/aromatic N) is 1. The van der Waals surface area contributed by atoms with Crippen LogP contribution in [0.4, 0.5) is 0 Å². The minimum atomic E-state index is 0.729. The van der Waals surface area contributed by atoms with Gasteiger partial charge in [0, 0.05) is 12.6 Å². The summed E-state index contributed by atoms with van der Waals surface area (Å²) in [5, 5.41) is 4.82. The van der Waals surface area contributed by atoms with Crippen molar-refractivity contribution in [1.82, 2.24) is 10.3 Å². The molecule has 3 heteroatoms. The largest absolute Gasteiger partial charge is 0.308 e. The van der Waals surface area contributed by atoms with Crippen LogP contribution in [-0.2, 0) is 6.54 Å². The highest BCUT2D eigenvalue weighted by molar-refractivity contribution is 7.18. The van der Waals surface area contributed by atoms with Crippen LogP contribution in [0.3, 0.4) is 0 Å². The van der Waals surface area contributed by atoms with E-state index < -0.39 is 0 Å². The van der Waals surface area contributed by atoms with Gasteiger partial charge >= 0.3 is 0 Å². The number of thiazole rings is 1. The molecule has 1 saturated carbocycles. The molecule has 0 radical (unpaired) electrons. The fourth-order valence-corrected chi connectivity index (χ4v) is 3.28. The van der Waals surface area contributed by atoms with Gasteiger partial charge in [0.2, 0.25) is 0 Å². The molecule has 2 nitrogen and oxygen atoms in total. The van der Waals surface area contributed by atoms with Crippen LogP contribution in [0.5, 0.6) is 0 Å². The van der Waals surface area contributed by atoms with E-state index in [1.165, 1.54) is 35.4 Å². The summed E-state index contributed by atoms with van der Waals surface area (Å²) in [6.07, 6.45) is 5.45. The number of rotatable bonds is 3. The van der Waals surface area contributed by atoms with E-state index in [1.54, 1.807) is 0 Å². The number of fused-ring (bicyclic) bond motifs is 1. The molecule has 1 aromatic carbocycles. The predicted molar refractivity (Wildman–Crippen MR) is 68.7 cm³/mol. The first-order chi connectivity index (χ1) is 7.92. The summed E-state index contributed by atoms with van der Waals surface area (Å²) in [6, 6.07) is 9.09. The molecule has 1 fully saturated rings. The number of hydrogen-bond donors (Lipinski definition) is 1. The normalized spacial score (nSPS) is 17.2. The van der Waals surface area contributed by atoms with E-state index in [-0.39, 0.29) is 0 Å². The molecule has 0 aliphatic heterocycles. The zero-order valence-electron chi connectivity index (χ0n) is 9.28. The molecule has 0 unspecified atom stereocenters. The van der Waals surface area contributed by atoms with Gasteiger partial charge in [-0.15, -0.1) is 11.3 Å². The second kappa shape index (κ2) is 4.52. The molecule has 1 N–H and O–H groups in total. The second-order valence-corrected chi connectivity index (χ2v) is 5.55. The average molecular weight is 232 g/mol. The number of para-hydroxylation sites is 1. The Hall–Kier alpha value is -0.930. The summed E-state index contributed by atoms with van der Waals surface area (Å²) >= 11 is 1.81. The van der Waals surface area contributed by atoms with Crippen molar-refractivity contribution < 1.29 is 0 Å². The Labute approximate surface area is 99.7 Å². The molecular formula is C13H16N2S. The zero-order valence-corrected chi connectivity index (χ0v) is 10.1. The lowest BCUT2D eigenvalue weighted by molar-refractivity contribution is 0.523. The van der Waals surface area contributed by atoms with Gasteiger partial charge in [-0.05, 0) is 25.0 Å². The third kappa shape index (κ3) is 2.11. The molecule has 0 atom stereocenters. The van der Waals surface area contributed by atoms with E-state index in [1.807, 2.05) is 11.3 Å². The van der Waals surface area contributed by atoms with Crippen molar-refractivity contribution in [2.75, 3.05) is 0 Å². The summed E-state index contributed by atoms with van der Waals surface area (Å²) in [5.41, 5.74) is 1.13. The lowest BCUT2D eigenvalue weighted by atomic mass is 10.2. The first-order valence-electron chi connectivity index (χ1n) is 6.00. The molecule has 0 amide bonds. The molecule has 1 aliphatic carbocycles. The summed E-state index contributed by atoms with van der Waals surface area (Å²) in [5.74, 6) is 0. The van der Waals surface area contributed by atoms with Crippen LogP contribution in [0.25, 0.3) is 10.2 Å². The maximum atomic E-state index is 4.63. The van der Waals surface area contributed by atoms with Gasteiger partial charge in [0.05, 0.1) is 10.2 Å². The van der Waals surface area contributed by atoms with Gasteiger partial charge in [-0.1, -0.05) is 25.0 Å². The van der Waals surface area contributed by atoms with Gasteiger partial charge in [-0.2, -0.15) is 0 Å². The van der Waals surface area contributed by atoms with E-state index in [0.29, 0.717) is 0 Å². The highest BCUT2D eigenvalue weighted by atomic mass is 32.1. The fourth-order valence-electron chi connectivity index (χ4n) is 2.36. The van der Waals surface area contributed by atoms with Crippen LogP contribution in [0, 0.1) is 0 Å². The monoisotopic (exact) mass is 232 g/mol. The summed E-state index contributed by atoms with van der Waals surface area (Å²) in [7, 11) is 0. The summed E-state index contributed by atoms with van der Waals surface area (Å²) in [6.45, 7) is 0.935. The third-order valence-electron chi connectivity index (χ3n) is 3.24. The van der Waals surface area contributed by atoms with Gasteiger partial charge in [0.15, 0.2) is 0 Å². The number of hydrogen-bond acceptors (Lipinski definition) is 3. The highest BCUT2D eigenvalue weighted by Crippen LogP contribution is 2.22. The van der Waals surface area contributed by atoms with Crippen molar-refractivity contribution >= 4 is 21.6 Å². The number of benzene rings is 1. The molecule has 3 rings (SSSR count). The van der Waals surface area contributed by atoms with Crippen LogP contribution >= 0.6 is 11.3 Å². The summed E-state index contributed by atoms with van der Waals surface area (Å²) in [4.78, 5) is 4.63. The van der Waals surface area contributed by atoms with Crippen molar-refractivity contribution in [2.45, 2.75) is 38.3 Å².